The maximum Gasteiger partial charge on any atom is 0.231 e. The van der Waals surface area contributed by atoms with E-state index in [1.807, 2.05) is 24.3 Å². The number of rotatable bonds is 13. The molecule has 2 aliphatic rings. The summed E-state index contributed by atoms with van der Waals surface area (Å²) >= 11 is 7.26. The Balaban J connectivity index is 1.15. The summed E-state index contributed by atoms with van der Waals surface area (Å²) in [6.07, 6.45) is -0.530. The van der Waals surface area contributed by atoms with E-state index >= 15 is 0 Å². The molecule has 0 amide bonds. The Morgan fingerprint density at radius 3 is 1.40 bits per heavy atom. The minimum Gasteiger partial charge on any atom is -0.481 e. The summed E-state index contributed by atoms with van der Waals surface area (Å²) in [5.74, 6) is 1.95. The highest BCUT2D eigenvalue weighted by atomic mass is 79.9. The van der Waals surface area contributed by atoms with Crippen molar-refractivity contribution in [3.8, 4) is 34.6 Å². The molecule has 12 heteroatoms. The lowest BCUT2D eigenvalue weighted by Gasteiger charge is -2.35. The van der Waals surface area contributed by atoms with Crippen LogP contribution in [0.3, 0.4) is 0 Å². The highest BCUT2D eigenvalue weighted by molar-refractivity contribution is 9.10. The van der Waals surface area contributed by atoms with Gasteiger partial charge in [0.05, 0.1) is 35.4 Å². The van der Waals surface area contributed by atoms with Crippen molar-refractivity contribution in [2.45, 2.75) is 52.4 Å². The van der Waals surface area contributed by atoms with Crippen LogP contribution < -0.4 is 18.9 Å². The van der Waals surface area contributed by atoms with E-state index in [1.54, 1.807) is 14.2 Å². The number of aromatic nitrogens is 2. The minimum absolute atomic E-state index is 0.265. The molecule has 4 aromatic rings. The van der Waals surface area contributed by atoms with E-state index in [0.29, 0.717) is 76.0 Å². The fraction of sp³-hybridized carbons (Fsp3) is 0.389. The Bertz CT molecular complexity index is 1650. The second-order valence-electron chi connectivity index (χ2n) is 12.3. The van der Waals surface area contributed by atoms with Crippen molar-refractivity contribution in [2.75, 3.05) is 40.4 Å². The molecule has 0 atom stereocenters. The molecule has 0 saturated carbocycles. The Hall–Kier alpha value is -3.26. The molecule has 0 unspecified atom stereocenters. The summed E-state index contributed by atoms with van der Waals surface area (Å²) in [5, 5.41) is 19.3. The fourth-order valence-corrected chi connectivity index (χ4v) is 7.11. The molecule has 2 aliphatic heterocycles. The summed E-state index contributed by atoms with van der Waals surface area (Å²) in [5.41, 5.74) is 8.44. The lowest BCUT2D eigenvalue weighted by Crippen LogP contribution is -2.49. The number of nitrogens with zero attached hydrogens (tertiary/aromatic N) is 4. The van der Waals surface area contributed by atoms with Crippen LogP contribution >= 0.6 is 31.9 Å². The third kappa shape index (κ3) is 7.64. The van der Waals surface area contributed by atoms with Crippen molar-refractivity contribution in [1.29, 1.82) is 0 Å². The van der Waals surface area contributed by atoms with E-state index in [4.69, 9.17) is 18.9 Å². The van der Waals surface area contributed by atoms with Crippen molar-refractivity contribution in [1.82, 2.24) is 19.8 Å². The second kappa shape index (κ2) is 15.1. The van der Waals surface area contributed by atoms with Crippen molar-refractivity contribution in [3.05, 3.63) is 90.9 Å². The standard InChI is InChI=1S/C36H40Br2N4O6/c1-21-23(19-47-35-31(37)11-25(33(39-35)45-3)13-41-15-27(43)16-41)7-5-9-29(21)30-10-6-8-24(22(30)2)20-48-36-32(38)12-26(34(40-36)46-4)14-42-17-28(44)18-42/h5-12,27-28,43-44H,13-20H2,1-4H3. The number of likely N-dealkylation sites (tertiary alicyclic amines) is 2. The Labute approximate surface area is 297 Å². The number of methoxy groups -OCH3 is 2. The van der Waals surface area contributed by atoms with Crippen LogP contribution in [0.1, 0.15) is 33.4 Å². The first-order chi connectivity index (χ1) is 23.1. The van der Waals surface area contributed by atoms with Crippen LogP contribution in [-0.4, -0.2) is 82.6 Å². The lowest BCUT2D eigenvalue weighted by molar-refractivity contribution is -0.00353. The first kappa shape index (κ1) is 34.6. The van der Waals surface area contributed by atoms with Crippen LogP contribution in [0.25, 0.3) is 11.1 Å². The monoisotopic (exact) mass is 782 g/mol. The van der Waals surface area contributed by atoms with Crippen LogP contribution in [0.4, 0.5) is 0 Å². The van der Waals surface area contributed by atoms with Gasteiger partial charge >= 0.3 is 0 Å². The third-order valence-corrected chi connectivity index (χ3v) is 10.1. The highest BCUT2D eigenvalue weighted by Crippen LogP contribution is 2.35. The van der Waals surface area contributed by atoms with Crippen molar-refractivity contribution < 1.29 is 29.2 Å². The molecule has 2 saturated heterocycles. The molecule has 48 heavy (non-hydrogen) atoms. The number of hydrogen-bond donors (Lipinski definition) is 2. The molecule has 6 rings (SSSR count). The summed E-state index contributed by atoms with van der Waals surface area (Å²) < 4.78 is 25.1. The molecule has 10 nitrogen and oxygen atoms in total. The van der Waals surface area contributed by atoms with E-state index in [9.17, 15) is 10.2 Å². The van der Waals surface area contributed by atoms with Gasteiger partial charge in [-0.1, -0.05) is 36.4 Å². The first-order valence-electron chi connectivity index (χ1n) is 15.8. The van der Waals surface area contributed by atoms with Gasteiger partial charge in [0.1, 0.15) is 13.2 Å². The third-order valence-electron chi connectivity index (χ3n) is 8.93. The molecule has 0 radical (unpaired) electrons. The van der Waals surface area contributed by atoms with E-state index in [1.165, 1.54) is 0 Å². The number of ether oxygens (including phenoxy) is 4. The molecule has 0 aliphatic carbocycles. The van der Waals surface area contributed by atoms with Gasteiger partial charge in [0.2, 0.25) is 23.5 Å². The van der Waals surface area contributed by atoms with Crippen molar-refractivity contribution in [2.24, 2.45) is 0 Å². The van der Waals surface area contributed by atoms with Gasteiger partial charge in [-0.15, -0.1) is 0 Å². The van der Waals surface area contributed by atoms with Gasteiger partial charge in [0, 0.05) is 50.4 Å². The van der Waals surface area contributed by atoms with Crippen LogP contribution in [0, 0.1) is 13.8 Å². The number of aliphatic hydroxyl groups is 2. The van der Waals surface area contributed by atoms with E-state index in [2.05, 4.69) is 89.7 Å². The normalized spacial score (nSPS) is 15.6. The summed E-state index contributed by atoms with van der Waals surface area (Å²) in [6, 6.07) is 16.4. The van der Waals surface area contributed by atoms with Gasteiger partial charge in [0.15, 0.2) is 0 Å². The van der Waals surface area contributed by atoms with Gasteiger partial charge in [-0.25, -0.2) is 0 Å². The second-order valence-corrected chi connectivity index (χ2v) is 14.0. The Morgan fingerprint density at radius 1 is 0.646 bits per heavy atom. The Morgan fingerprint density at radius 2 is 1.04 bits per heavy atom. The predicted octanol–water partition coefficient (Wildman–Crippen LogP) is 5.81. The van der Waals surface area contributed by atoms with Crippen molar-refractivity contribution >= 4 is 31.9 Å². The average Bonchev–Trinajstić information content (AvgIpc) is 3.04. The fourth-order valence-electron chi connectivity index (χ4n) is 6.15. The summed E-state index contributed by atoms with van der Waals surface area (Å²) in [4.78, 5) is 13.6. The number of halogens is 2. The van der Waals surface area contributed by atoms with Gasteiger partial charge in [-0.05, 0) is 91.2 Å². The average molecular weight is 785 g/mol. The van der Waals surface area contributed by atoms with E-state index in [-0.39, 0.29) is 12.2 Å². The molecule has 4 heterocycles. The van der Waals surface area contributed by atoms with Crippen molar-refractivity contribution in [3.63, 3.8) is 0 Å². The summed E-state index contributed by atoms with van der Waals surface area (Å²) in [7, 11) is 3.21. The molecule has 254 valence electrons. The first-order valence-corrected chi connectivity index (χ1v) is 17.4. The Kier molecular flexibility index (Phi) is 10.9. The molecule has 0 spiro atoms. The number of β-amino-alcohol motifs (C(OH)–C–C–N with tert-alkyl or cyclic N) is 2. The van der Waals surface area contributed by atoms with Gasteiger partial charge in [-0.2, -0.15) is 9.97 Å². The molecule has 0 bridgehead atoms. The molecule has 2 aromatic heterocycles. The van der Waals surface area contributed by atoms with Crippen LogP contribution in [0.15, 0.2) is 57.5 Å². The largest absolute Gasteiger partial charge is 0.481 e. The van der Waals surface area contributed by atoms with Gasteiger partial charge in [-0.3, -0.25) is 9.80 Å². The van der Waals surface area contributed by atoms with Crippen LogP contribution in [0.5, 0.6) is 23.5 Å². The molecule has 2 aromatic carbocycles. The molecule has 2 N–H and O–H groups in total. The molecular weight excluding hydrogens is 744 g/mol. The number of hydrogen-bond acceptors (Lipinski definition) is 10. The highest BCUT2D eigenvalue weighted by Gasteiger charge is 2.27. The topological polar surface area (TPSA) is 110 Å². The maximum atomic E-state index is 9.64. The molecule has 2 fully saturated rings. The van der Waals surface area contributed by atoms with Gasteiger partial charge < -0.3 is 29.2 Å². The smallest absolute Gasteiger partial charge is 0.231 e. The van der Waals surface area contributed by atoms with Crippen LogP contribution in [-0.2, 0) is 26.3 Å². The predicted molar refractivity (Wildman–Crippen MR) is 190 cm³/mol. The quantitative estimate of drug-likeness (QED) is 0.173. The minimum atomic E-state index is -0.265. The number of pyridine rings is 2. The number of aliphatic hydroxyl groups excluding tert-OH is 2. The number of benzene rings is 2. The van der Waals surface area contributed by atoms with E-state index < -0.39 is 0 Å². The zero-order valence-electron chi connectivity index (χ0n) is 27.5. The zero-order valence-corrected chi connectivity index (χ0v) is 30.7. The van der Waals surface area contributed by atoms with Crippen LogP contribution in [0.2, 0.25) is 0 Å². The molecular formula is C36H40Br2N4O6. The maximum absolute atomic E-state index is 9.64. The SMILES string of the molecule is COc1nc(OCc2cccc(-c3cccc(COc4nc(OC)c(CN5CC(O)C5)cc4Br)c3C)c2C)c(Br)cc1CN1CC(O)C1. The summed E-state index contributed by atoms with van der Waals surface area (Å²) in [6.45, 7) is 8.78. The zero-order chi connectivity index (χ0) is 33.9. The van der Waals surface area contributed by atoms with E-state index in [0.717, 1.165) is 53.5 Å². The van der Waals surface area contributed by atoms with Gasteiger partial charge in [0.25, 0.3) is 0 Å². The lowest BCUT2D eigenvalue weighted by atomic mass is 9.92.